The largest absolute Gasteiger partial charge is 0.348 e. The quantitative estimate of drug-likeness (QED) is 0.599. The first-order chi connectivity index (χ1) is 5.17. The summed E-state index contributed by atoms with van der Waals surface area (Å²) in [5, 5.41) is 0. The molecule has 0 aromatic carbocycles. The van der Waals surface area contributed by atoms with Gasteiger partial charge in [-0.05, 0) is 17.9 Å². The van der Waals surface area contributed by atoms with Crippen LogP contribution in [0.1, 0.15) is 25.2 Å². The minimum absolute atomic E-state index is 0.291. The third-order valence-electron chi connectivity index (χ3n) is 2.08. The number of hydrogen-bond donors (Lipinski definition) is 1. The molecule has 11 heavy (non-hydrogen) atoms. The maximum absolute atomic E-state index is 4.18. The second-order valence-corrected chi connectivity index (χ2v) is 3.77. The first-order valence-corrected chi connectivity index (χ1v) is 3.89. The Hall–Kier alpha value is -1.05. The minimum Gasteiger partial charge on any atom is -0.348 e. The van der Waals surface area contributed by atoms with Crippen LogP contribution in [-0.4, -0.2) is 9.97 Å². The summed E-state index contributed by atoms with van der Waals surface area (Å²) in [5.41, 5.74) is 2.65. The monoisotopic (exact) mass is 148 g/mol. The molecule has 0 atom stereocenters. The van der Waals surface area contributed by atoms with E-state index in [2.05, 4.69) is 36.0 Å². The fourth-order valence-corrected chi connectivity index (χ4v) is 1.44. The number of nitrogens with zero attached hydrogens (tertiary/aromatic N) is 1. The fourth-order valence-electron chi connectivity index (χ4n) is 1.44. The Morgan fingerprint density at radius 2 is 2.36 bits per heavy atom. The van der Waals surface area contributed by atoms with Gasteiger partial charge in [-0.15, -0.1) is 0 Å². The van der Waals surface area contributed by atoms with E-state index in [-0.39, 0.29) is 0 Å². The van der Waals surface area contributed by atoms with Gasteiger partial charge in [-0.25, -0.2) is 4.98 Å². The molecule has 1 aliphatic rings. The second kappa shape index (κ2) is 1.97. The number of H-pyrrole nitrogens is 1. The lowest BCUT2D eigenvalue weighted by molar-refractivity contribution is 0.469. The summed E-state index contributed by atoms with van der Waals surface area (Å²) in [4.78, 5) is 7.33. The van der Waals surface area contributed by atoms with Crippen LogP contribution in [0, 0.1) is 5.41 Å². The highest BCUT2D eigenvalue weighted by Gasteiger charge is 2.21. The van der Waals surface area contributed by atoms with Gasteiger partial charge >= 0.3 is 0 Å². The third-order valence-corrected chi connectivity index (χ3v) is 2.08. The molecule has 0 bridgehead atoms. The van der Waals surface area contributed by atoms with Crippen molar-refractivity contribution < 1.29 is 0 Å². The lowest BCUT2D eigenvalue weighted by Crippen LogP contribution is -2.15. The van der Waals surface area contributed by atoms with E-state index in [9.17, 15) is 0 Å². The standard InChI is InChI=1S/C9H12N2/c1-9(2)4-3-7-8(5-9)11-6-10-7/h3-4,6H,5H2,1-2H3,(H,10,11). The van der Waals surface area contributed by atoms with E-state index in [0.29, 0.717) is 5.41 Å². The van der Waals surface area contributed by atoms with Crippen molar-refractivity contribution in [1.29, 1.82) is 0 Å². The van der Waals surface area contributed by atoms with E-state index in [1.165, 1.54) is 5.69 Å². The zero-order valence-corrected chi connectivity index (χ0v) is 6.89. The zero-order chi connectivity index (χ0) is 7.90. The zero-order valence-electron chi connectivity index (χ0n) is 6.89. The van der Waals surface area contributed by atoms with Gasteiger partial charge in [0.15, 0.2) is 0 Å². The predicted molar refractivity (Wildman–Crippen MR) is 45.1 cm³/mol. The summed E-state index contributed by atoms with van der Waals surface area (Å²) in [6.07, 6.45) is 7.14. The Kier molecular flexibility index (Phi) is 1.19. The lowest BCUT2D eigenvalue weighted by Gasteiger charge is -2.22. The molecule has 0 radical (unpaired) electrons. The van der Waals surface area contributed by atoms with Crippen molar-refractivity contribution in [3.63, 3.8) is 0 Å². The summed E-state index contributed by atoms with van der Waals surface area (Å²) in [6, 6.07) is 0. The molecule has 0 aliphatic heterocycles. The van der Waals surface area contributed by atoms with E-state index in [0.717, 1.165) is 12.1 Å². The van der Waals surface area contributed by atoms with Crippen LogP contribution in [0.15, 0.2) is 12.4 Å². The molecule has 0 fully saturated rings. The molecule has 2 heteroatoms. The SMILES string of the molecule is CC1(C)C=Cc2nc[nH]c2C1. The molecular formula is C9H12N2. The van der Waals surface area contributed by atoms with Crippen LogP contribution in [0.2, 0.25) is 0 Å². The molecule has 2 rings (SSSR count). The maximum atomic E-state index is 4.18. The highest BCUT2D eigenvalue weighted by molar-refractivity contribution is 5.51. The van der Waals surface area contributed by atoms with Gasteiger partial charge in [-0.2, -0.15) is 0 Å². The van der Waals surface area contributed by atoms with Crippen molar-refractivity contribution >= 4 is 6.08 Å². The summed E-state index contributed by atoms with van der Waals surface area (Å²) < 4.78 is 0. The van der Waals surface area contributed by atoms with Crippen LogP contribution in [0.3, 0.4) is 0 Å². The number of rotatable bonds is 0. The van der Waals surface area contributed by atoms with Gasteiger partial charge in [0.1, 0.15) is 0 Å². The number of allylic oxidation sites excluding steroid dienone is 1. The third kappa shape index (κ3) is 1.09. The van der Waals surface area contributed by atoms with Gasteiger partial charge in [0.05, 0.1) is 12.0 Å². The van der Waals surface area contributed by atoms with Crippen LogP contribution in [0.4, 0.5) is 0 Å². The van der Waals surface area contributed by atoms with Gasteiger partial charge in [0.2, 0.25) is 0 Å². The molecule has 0 saturated heterocycles. The van der Waals surface area contributed by atoms with E-state index in [1.807, 2.05) is 0 Å². The summed E-state index contributed by atoms with van der Waals surface area (Å²) in [5.74, 6) is 0. The average molecular weight is 148 g/mol. The normalized spacial score (nSPS) is 19.8. The van der Waals surface area contributed by atoms with E-state index in [1.54, 1.807) is 6.33 Å². The number of imidazole rings is 1. The Morgan fingerprint density at radius 1 is 1.55 bits per heavy atom. The fraction of sp³-hybridized carbons (Fsp3) is 0.444. The molecule has 1 aliphatic carbocycles. The minimum atomic E-state index is 0.291. The number of aromatic nitrogens is 2. The molecule has 0 unspecified atom stereocenters. The van der Waals surface area contributed by atoms with Crippen molar-refractivity contribution in [2.45, 2.75) is 20.3 Å². The smallest absolute Gasteiger partial charge is 0.0929 e. The maximum Gasteiger partial charge on any atom is 0.0929 e. The highest BCUT2D eigenvalue weighted by Crippen LogP contribution is 2.29. The molecule has 58 valence electrons. The van der Waals surface area contributed by atoms with Crippen LogP contribution in [0.25, 0.3) is 6.08 Å². The van der Waals surface area contributed by atoms with Crippen LogP contribution in [-0.2, 0) is 6.42 Å². The summed E-state index contributed by atoms with van der Waals surface area (Å²) in [6.45, 7) is 4.46. The first kappa shape index (κ1) is 6.65. The average Bonchev–Trinajstić information content (AvgIpc) is 2.31. The molecule has 2 nitrogen and oxygen atoms in total. The van der Waals surface area contributed by atoms with Gasteiger partial charge < -0.3 is 4.98 Å². The van der Waals surface area contributed by atoms with Crippen molar-refractivity contribution in [3.05, 3.63) is 23.8 Å². The number of nitrogens with one attached hydrogen (secondary N) is 1. The molecule has 1 heterocycles. The van der Waals surface area contributed by atoms with Crippen LogP contribution < -0.4 is 0 Å². The summed E-state index contributed by atoms with van der Waals surface area (Å²) >= 11 is 0. The number of aromatic amines is 1. The number of fused-ring (bicyclic) bond motifs is 1. The molecule has 0 spiro atoms. The molecule has 1 aromatic rings. The van der Waals surface area contributed by atoms with Crippen molar-refractivity contribution in [2.75, 3.05) is 0 Å². The highest BCUT2D eigenvalue weighted by atomic mass is 14.9. The van der Waals surface area contributed by atoms with Gasteiger partial charge in [-0.3, -0.25) is 0 Å². The Balaban J connectivity index is 2.44. The predicted octanol–water partition coefficient (Wildman–Crippen LogP) is 2.01. The molecular weight excluding hydrogens is 136 g/mol. The Morgan fingerprint density at radius 3 is 3.18 bits per heavy atom. The van der Waals surface area contributed by atoms with Crippen molar-refractivity contribution in [2.24, 2.45) is 5.41 Å². The first-order valence-electron chi connectivity index (χ1n) is 3.89. The molecule has 1 N–H and O–H groups in total. The van der Waals surface area contributed by atoms with Crippen LogP contribution in [0.5, 0.6) is 0 Å². The van der Waals surface area contributed by atoms with E-state index >= 15 is 0 Å². The van der Waals surface area contributed by atoms with E-state index < -0.39 is 0 Å². The van der Waals surface area contributed by atoms with Gasteiger partial charge in [0.25, 0.3) is 0 Å². The van der Waals surface area contributed by atoms with Gasteiger partial charge in [-0.1, -0.05) is 19.9 Å². The van der Waals surface area contributed by atoms with Crippen molar-refractivity contribution in [3.8, 4) is 0 Å². The summed E-state index contributed by atoms with van der Waals surface area (Å²) in [7, 11) is 0. The molecule has 0 saturated carbocycles. The topological polar surface area (TPSA) is 28.7 Å². The van der Waals surface area contributed by atoms with E-state index in [4.69, 9.17) is 0 Å². The van der Waals surface area contributed by atoms with Gasteiger partial charge in [0, 0.05) is 5.69 Å². The Bertz CT molecular complexity index is 294. The second-order valence-electron chi connectivity index (χ2n) is 3.77. The molecule has 1 aromatic heterocycles. The molecule has 0 amide bonds. The lowest BCUT2D eigenvalue weighted by atomic mass is 9.83. The number of hydrogen-bond acceptors (Lipinski definition) is 1. The Labute approximate surface area is 66.4 Å². The van der Waals surface area contributed by atoms with Crippen LogP contribution >= 0.6 is 0 Å². The van der Waals surface area contributed by atoms with Crippen molar-refractivity contribution in [1.82, 2.24) is 9.97 Å².